The summed E-state index contributed by atoms with van der Waals surface area (Å²) in [4.78, 5) is 5.33. The molecule has 0 aliphatic rings. The quantitative estimate of drug-likeness (QED) is 0.907. The summed E-state index contributed by atoms with van der Waals surface area (Å²) >= 11 is 1.57. The van der Waals surface area contributed by atoms with Crippen LogP contribution in [-0.2, 0) is 6.54 Å². The summed E-state index contributed by atoms with van der Waals surface area (Å²) in [5, 5.41) is 13.9. The first-order chi connectivity index (χ1) is 9.19. The molecule has 4 nitrogen and oxygen atoms in total. The molecular formula is C14H15N3OS. The predicted molar refractivity (Wildman–Crippen MR) is 76.4 cm³/mol. The van der Waals surface area contributed by atoms with Crippen LogP contribution in [0.1, 0.15) is 24.3 Å². The third-order valence-corrected chi connectivity index (χ3v) is 3.29. The van der Waals surface area contributed by atoms with Crippen molar-refractivity contribution in [3.8, 4) is 11.9 Å². The first kappa shape index (κ1) is 13.4. The zero-order valence-corrected chi connectivity index (χ0v) is 11.7. The van der Waals surface area contributed by atoms with E-state index in [0.29, 0.717) is 18.0 Å². The van der Waals surface area contributed by atoms with E-state index in [-0.39, 0.29) is 6.10 Å². The number of hydrogen-bond acceptors (Lipinski definition) is 5. The maximum Gasteiger partial charge on any atom is 0.237 e. The largest absolute Gasteiger partial charge is 0.473 e. The lowest BCUT2D eigenvalue weighted by Gasteiger charge is -2.13. The summed E-state index contributed by atoms with van der Waals surface area (Å²) in [5.74, 6) is 0.606. The smallest absolute Gasteiger partial charge is 0.237 e. The number of hydrogen-bond donors (Lipinski definition) is 1. The van der Waals surface area contributed by atoms with Crippen LogP contribution in [0.2, 0.25) is 0 Å². The van der Waals surface area contributed by atoms with Gasteiger partial charge < -0.3 is 10.1 Å². The Kier molecular flexibility index (Phi) is 4.37. The van der Waals surface area contributed by atoms with Crippen LogP contribution in [0.15, 0.2) is 29.8 Å². The molecule has 19 heavy (non-hydrogen) atoms. The van der Waals surface area contributed by atoms with Gasteiger partial charge >= 0.3 is 0 Å². The molecule has 1 N–H and O–H groups in total. The second-order valence-corrected chi connectivity index (χ2v) is 5.29. The highest BCUT2D eigenvalue weighted by molar-refractivity contribution is 7.10. The van der Waals surface area contributed by atoms with Crippen molar-refractivity contribution < 1.29 is 4.74 Å². The first-order valence-corrected chi connectivity index (χ1v) is 6.90. The molecule has 2 heterocycles. The Bertz CT molecular complexity index is 586. The molecular weight excluding hydrogens is 258 g/mol. The van der Waals surface area contributed by atoms with Crippen molar-refractivity contribution in [3.63, 3.8) is 0 Å². The number of aromatic nitrogens is 1. The van der Waals surface area contributed by atoms with E-state index in [1.54, 1.807) is 17.5 Å². The van der Waals surface area contributed by atoms with Crippen molar-refractivity contribution in [2.75, 3.05) is 5.32 Å². The summed E-state index contributed by atoms with van der Waals surface area (Å²) in [6.07, 6.45) is 1.80. The SMILES string of the molecule is CC(C)Oc1ncccc1NCc1cc(C#N)cs1. The van der Waals surface area contributed by atoms with Gasteiger partial charge in [-0.2, -0.15) is 5.26 Å². The minimum Gasteiger partial charge on any atom is -0.473 e. The van der Waals surface area contributed by atoms with Crippen molar-refractivity contribution in [1.82, 2.24) is 4.98 Å². The standard InChI is InChI=1S/C14H15N3OS/c1-10(2)18-14-13(4-3-5-16-14)17-8-12-6-11(7-15)9-19-12/h3-6,9-10,17H,8H2,1-2H3. The number of nitrogens with zero attached hydrogens (tertiary/aromatic N) is 2. The Morgan fingerprint density at radius 3 is 3.05 bits per heavy atom. The average Bonchev–Trinajstić information content (AvgIpc) is 2.85. The molecule has 0 bridgehead atoms. The summed E-state index contributed by atoms with van der Waals surface area (Å²) in [7, 11) is 0. The van der Waals surface area contributed by atoms with Gasteiger partial charge in [-0.05, 0) is 32.0 Å². The van der Waals surface area contributed by atoms with Crippen LogP contribution in [0.25, 0.3) is 0 Å². The molecule has 0 atom stereocenters. The molecule has 0 aliphatic carbocycles. The Labute approximate surface area is 116 Å². The van der Waals surface area contributed by atoms with E-state index in [4.69, 9.17) is 10.00 Å². The van der Waals surface area contributed by atoms with Gasteiger partial charge in [0.05, 0.1) is 17.4 Å². The molecule has 0 saturated carbocycles. The van der Waals surface area contributed by atoms with Gasteiger partial charge in [0.1, 0.15) is 6.07 Å². The third-order valence-electron chi connectivity index (χ3n) is 2.35. The fourth-order valence-corrected chi connectivity index (χ4v) is 2.31. The molecule has 0 amide bonds. The lowest BCUT2D eigenvalue weighted by atomic mass is 10.3. The maximum absolute atomic E-state index is 8.79. The van der Waals surface area contributed by atoms with E-state index < -0.39 is 0 Å². The van der Waals surface area contributed by atoms with Crippen molar-refractivity contribution >= 4 is 17.0 Å². The van der Waals surface area contributed by atoms with Crippen LogP contribution in [0.4, 0.5) is 5.69 Å². The van der Waals surface area contributed by atoms with Crippen LogP contribution in [-0.4, -0.2) is 11.1 Å². The van der Waals surface area contributed by atoms with Crippen LogP contribution in [0, 0.1) is 11.3 Å². The molecule has 2 aromatic rings. The van der Waals surface area contributed by atoms with Crippen LogP contribution in [0.5, 0.6) is 5.88 Å². The van der Waals surface area contributed by atoms with Gasteiger partial charge in [-0.25, -0.2) is 4.98 Å². The summed E-state index contributed by atoms with van der Waals surface area (Å²) < 4.78 is 5.64. The molecule has 98 valence electrons. The van der Waals surface area contributed by atoms with Gasteiger partial charge in [0.15, 0.2) is 0 Å². The highest BCUT2D eigenvalue weighted by Crippen LogP contribution is 2.23. The molecule has 0 fully saturated rings. The number of thiophene rings is 1. The summed E-state index contributed by atoms with van der Waals surface area (Å²) in [5.41, 5.74) is 1.56. The molecule has 5 heteroatoms. The van der Waals surface area contributed by atoms with Crippen molar-refractivity contribution in [2.24, 2.45) is 0 Å². The Morgan fingerprint density at radius 1 is 1.53 bits per heavy atom. The number of pyridine rings is 1. The summed E-state index contributed by atoms with van der Waals surface area (Å²) in [6, 6.07) is 7.81. The highest BCUT2D eigenvalue weighted by Gasteiger charge is 2.07. The van der Waals surface area contributed by atoms with Crippen molar-refractivity contribution in [3.05, 3.63) is 40.2 Å². The summed E-state index contributed by atoms with van der Waals surface area (Å²) in [6.45, 7) is 4.60. The zero-order chi connectivity index (χ0) is 13.7. The zero-order valence-electron chi connectivity index (χ0n) is 10.9. The monoisotopic (exact) mass is 273 g/mol. The lowest BCUT2D eigenvalue weighted by Crippen LogP contribution is -2.09. The highest BCUT2D eigenvalue weighted by atomic mass is 32.1. The van der Waals surface area contributed by atoms with E-state index in [0.717, 1.165) is 10.6 Å². The number of ether oxygens (including phenoxy) is 1. The fraction of sp³-hybridized carbons (Fsp3) is 0.286. The number of anilines is 1. The Hall–Kier alpha value is -2.06. The fourth-order valence-electron chi connectivity index (χ4n) is 1.56. The van der Waals surface area contributed by atoms with E-state index in [1.165, 1.54) is 0 Å². The molecule has 2 rings (SSSR count). The van der Waals surface area contributed by atoms with Crippen molar-refractivity contribution in [2.45, 2.75) is 26.5 Å². The third kappa shape index (κ3) is 3.70. The lowest BCUT2D eigenvalue weighted by molar-refractivity contribution is 0.234. The molecule has 0 aliphatic heterocycles. The van der Waals surface area contributed by atoms with E-state index >= 15 is 0 Å². The molecule has 0 radical (unpaired) electrons. The van der Waals surface area contributed by atoms with E-state index in [2.05, 4.69) is 16.4 Å². The van der Waals surface area contributed by atoms with Crippen LogP contribution in [0.3, 0.4) is 0 Å². The Balaban J connectivity index is 2.05. The molecule has 0 unspecified atom stereocenters. The topological polar surface area (TPSA) is 57.9 Å². The number of nitrogens with one attached hydrogen (secondary N) is 1. The number of rotatable bonds is 5. The predicted octanol–water partition coefficient (Wildman–Crippen LogP) is 3.41. The van der Waals surface area contributed by atoms with Gasteiger partial charge in [0.2, 0.25) is 5.88 Å². The minimum atomic E-state index is 0.0855. The number of nitriles is 1. The normalized spacial score (nSPS) is 10.2. The maximum atomic E-state index is 8.79. The van der Waals surface area contributed by atoms with Crippen molar-refractivity contribution in [1.29, 1.82) is 5.26 Å². The molecule has 0 aromatic carbocycles. The molecule has 2 aromatic heterocycles. The minimum absolute atomic E-state index is 0.0855. The van der Waals surface area contributed by atoms with E-state index in [1.807, 2.05) is 37.4 Å². The van der Waals surface area contributed by atoms with Gasteiger partial charge in [0.25, 0.3) is 0 Å². The average molecular weight is 273 g/mol. The second kappa shape index (κ2) is 6.21. The Morgan fingerprint density at radius 2 is 2.37 bits per heavy atom. The molecule has 0 saturated heterocycles. The van der Waals surface area contributed by atoms with Gasteiger partial charge in [-0.3, -0.25) is 0 Å². The second-order valence-electron chi connectivity index (χ2n) is 4.29. The van der Waals surface area contributed by atoms with Gasteiger partial charge in [-0.15, -0.1) is 11.3 Å². The van der Waals surface area contributed by atoms with Gasteiger partial charge in [0, 0.05) is 23.0 Å². The van der Waals surface area contributed by atoms with E-state index in [9.17, 15) is 0 Å². The first-order valence-electron chi connectivity index (χ1n) is 6.02. The van der Waals surface area contributed by atoms with Gasteiger partial charge in [-0.1, -0.05) is 0 Å². The molecule has 0 spiro atoms. The van der Waals surface area contributed by atoms with Crippen LogP contribution < -0.4 is 10.1 Å². The van der Waals surface area contributed by atoms with Crippen LogP contribution >= 0.6 is 11.3 Å².